The molecule has 4 fully saturated rings. The Kier molecular flexibility index (Phi) is 12.5. The highest BCUT2D eigenvalue weighted by atomic mass is 79.9. The van der Waals surface area contributed by atoms with Crippen molar-refractivity contribution >= 4 is 61.9 Å². The van der Waals surface area contributed by atoms with E-state index in [0.717, 1.165) is 38.3 Å². The van der Waals surface area contributed by atoms with Gasteiger partial charge in [-0.2, -0.15) is 0 Å². The maximum atomic E-state index is 13.8. The van der Waals surface area contributed by atoms with Gasteiger partial charge in [0.2, 0.25) is 0 Å². The molecule has 5 amide bonds. The fourth-order valence-electron chi connectivity index (χ4n) is 7.19. The van der Waals surface area contributed by atoms with Gasteiger partial charge in [-0.3, -0.25) is 9.80 Å². The number of amides is 5. The van der Waals surface area contributed by atoms with E-state index in [1.165, 1.54) is 4.90 Å². The first-order valence-corrected chi connectivity index (χ1v) is 20.0. The molecule has 3 aromatic rings. The Morgan fingerprint density at radius 3 is 1.70 bits per heavy atom. The molecular weight excluding hydrogens is 860 g/mol. The highest BCUT2D eigenvalue weighted by Crippen LogP contribution is 2.36. The van der Waals surface area contributed by atoms with Crippen LogP contribution in [0.1, 0.15) is 57.6 Å². The number of nitrogens with zero attached hydrogens (tertiary/aromatic N) is 4. The Bertz CT molecular complexity index is 1950. The van der Waals surface area contributed by atoms with E-state index in [-0.39, 0.29) is 24.0 Å². The fourth-order valence-corrected chi connectivity index (χ4v) is 8.08. The van der Waals surface area contributed by atoms with E-state index in [1.807, 2.05) is 69.3 Å². The minimum absolute atomic E-state index is 0.201. The number of carbonyl (C=O) groups is 4. The molecule has 16 heteroatoms. The van der Waals surface area contributed by atoms with Crippen molar-refractivity contribution in [2.45, 2.75) is 76.3 Å². The zero-order valence-corrected chi connectivity index (χ0v) is 34.7. The van der Waals surface area contributed by atoms with Gasteiger partial charge in [0.15, 0.2) is 0 Å². The van der Waals surface area contributed by atoms with Crippen molar-refractivity contribution in [2.75, 3.05) is 44.6 Å². The molecular formula is C40H45Br2F2N5O7. The molecule has 12 nitrogen and oxygen atoms in total. The number of likely N-dealkylation sites (tertiary alicyclic amines) is 2. The molecule has 4 aliphatic rings. The Morgan fingerprint density at radius 1 is 0.750 bits per heavy atom. The number of hydrogen-bond donors (Lipinski definition) is 1. The predicted molar refractivity (Wildman–Crippen MR) is 211 cm³/mol. The largest absolute Gasteiger partial charge is 0.444 e. The Morgan fingerprint density at radius 2 is 1.23 bits per heavy atom. The number of urea groups is 1. The monoisotopic (exact) mass is 903 g/mol. The van der Waals surface area contributed by atoms with E-state index < -0.39 is 34.5 Å². The lowest BCUT2D eigenvalue weighted by Crippen LogP contribution is -2.49. The van der Waals surface area contributed by atoms with Gasteiger partial charge >= 0.3 is 24.3 Å². The molecule has 4 aliphatic heterocycles. The number of carbonyl (C=O) groups excluding carboxylic acids is 4. The fraction of sp³-hybridized carbons (Fsp3) is 0.450. The van der Waals surface area contributed by atoms with Gasteiger partial charge in [0.25, 0.3) is 0 Å². The molecule has 7 rings (SSSR count). The zero-order chi connectivity index (χ0) is 40.3. The summed E-state index contributed by atoms with van der Waals surface area (Å²) in [4.78, 5) is 56.0. The molecule has 4 heterocycles. The van der Waals surface area contributed by atoms with E-state index in [2.05, 4.69) is 37.2 Å². The summed E-state index contributed by atoms with van der Waals surface area (Å²) in [6.07, 6.45) is 1.27. The van der Waals surface area contributed by atoms with Crippen LogP contribution in [0, 0.1) is 11.6 Å². The number of anilines is 1. The quantitative estimate of drug-likeness (QED) is 0.254. The van der Waals surface area contributed by atoms with Crippen LogP contribution in [0.25, 0.3) is 0 Å². The first-order chi connectivity index (χ1) is 26.5. The summed E-state index contributed by atoms with van der Waals surface area (Å²) in [6.45, 7) is 9.31. The van der Waals surface area contributed by atoms with Crippen molar-refractivity contribution in [3.05, 3.63) is 98.4 Å². The second kappa shape index (κ2) is 17.0. The van der Waals surface area contributed by atoms with Crippen LogP contribution < -0.4 is 5.32 Å². The van der Waals surface area contributed by atoms with Gasteiger partial charge < -0.3 is 29.3 Å². The number of hydrogen-bond acceptors (Lipinski definition) is 7. The van der Waals surface area contributed by atoms with Crippen LogP contribution in [0.15, 0.2) is 75.7 Å². The van der Waals surface area contributed by atoms with Crippen molar-refractivity contribution < 1.29 is 42.2 Å². The van der Waals surface area contributed by atoms with Crippen LogP contribution in [0.5, 0.6) is 0 Å². The van der Waals surface area contributed by atoms with Crippen LogP contribution in [0.4, 0.5) is 33.6 Å². The number of benzene rings is 3. The van der Waals surface area contributed by atoms with Crippen LogP contribution in [-0.4, -0.2) is 100.0 Å². The molecule has 0 atom stereocenters. The Labute approximate surface area is 341 Å². The first-order valence-electron chi connectivity index (χ1n) is 18.4. The zero-order valence-electron chi connectivity index (χ0n) is 31.5. The van der Waals surface area contributed by atoms with Crippen molar-refractivity contribution in [3.8, 4) is 0 Å². The van der Waals surface area contributed by atoms with Crippen LogP contribution >= 0.6 is 31.9 Å². The molecule has 56 heavy (non-hydrogen) atoms. The van der Waals surface area contributed by atoms with Gasteiger partial charge in [0, 0.05) is 80.0 Å². The van der Waals surface area contributed by atoms with Crippen molar-refractivity contribution in [2.24, 2.45) is 0 Å². The molecule has 0 unspecified atom stereocenters. The van der Waals surface area contributed by atoms with Crippen LogP contribution in [0.3, 0.4) is 0 Å². The van der Waals surface area contributed by atoms with Crippen molar-refractivity contribution in [1.29, 1.82) is 0 Å². The third kappa shape index (κ3) is 10.5. The molecule has 1 N–H and O–H groups in total. The van der Waals surface area contributed by atoms with Crippen LogP contribution in [-0.2, 0) is 27.3 Å². The lowest BCUT2D eigenvalue weighted by molar-refractivity contribution is -0.0170. The lowest BCUT2D eigenvalue weighted by atomic mass is 9.91. The number of piperidine rings is 2. The minimum Gasteiger partial charge on any atom is -0.444 e. The molecule has 0 aromatic heterocycles. The SMILES string of the molecule is CC(C)(C)OC(=O)N1CCC2(CC1)CN(Cc1cccc(Br)c1)C(=O)O2.O=C(Nc1cc(F)ccc1F)N1CCC2(CC1)CN(Cc1cccc(Br)c1)C(=O)O2. The number of rotatable bonds is 5. The van der Waals surface area contributed by atoms with E-state index in [9.17, 15) is 28.0 Å². The highest BCUT2D eigenvalue weighted by molar-refractivity contribution is 9.10. The summed E-state index contributed by atoms with van der Waals surface area (Å²) in [5, 5.41) is 2.40. The van der Waals surface area contributed by atoms with Crippen LogP contribution in [0.2, 0.25) is 0 Å². The normalized spacial score (nSPS) is 18.7. The standard InChI is InChI=1S/C21H20BrF2N3O3.C19H25BrN2O4/c22-15-3-1-2-14(10-15)12-27-13-21(30-20(27)29)6-8-26(9-7-21)19(28)25-18-11-16(23)4-5-17(18)24;1-18(2,3)25-16(23)21-9-7-19(8-10-21)13-22(17(24)26-19)12-14-5-4-6-15(20)11-14/h1-5,10-11H,6-9,12-13H2,(H,25,28);4-6,11H,7-10,12-13H2,1-3H3. The molecule has 2 spiro atoms. The van der Waals surface area contributed by atoms with E-state index in [1.54, 1.807) is 14.7 Å². The van der Waals surface area contributed by atoms with Gasteiger partial charge in [-0.1, -0.05) is 56.1 Å². The maximum Gasteiger partial charge on any atom is 0.410 e. The Balaban J connectivity index is 0.000000192. The molecule has 4 saturated heterocycles. The summed E-state index contributed by atoms with van der Waals surface area (Å²) < 4.78 is 45.8. The first kappa shape index (κ1) is 41.2. The summed E-state index contributed by atoms with van der Waals surface area (Å²) in [6, 6.07) is 18.0. The van der Waals surface area contributed by atoms with Crippen molar-refractivity contribution in [3.63, 3.8) is 0 Å². The molecule has 300 valence electrons. The summed E-state index contributed by atoms with van der Waals surface area (Å²) in [7, 11) is 0. The Hall–Kier alpha value is -4.44. The third-order valence-corrected chi connectivity index (χ3v) is 11.1. The second-order valence-electron chi connectivity index (χ2n) is 15.6. The smallest absolute Gasteiger partial charge is 0.410 e. The molecule has 0 radical (unpaired) electrons. The van der Waals surface area contributed by atoms with Gasteiger partial charge in [-0.05, 0) is 68.3 Å². The lowest BCUT2D eigenvalue weighted by Gasteiger charge is -2.37. The average molecular weight is 906 g/mol. The summed E-state index contributed by atoms with van der Waals surface area (Å²) in [5.74, 6) is -1.33. The maximum absolute atomic E-state index is 13.8. The average Bonchev–Trinajstić information content (AvgIpc) is 3.59. The van der Waals surface area contributed by atoms with E-state index in [0.29, 0.717) is 78.0 Å². The molecule has 3 aromatic carbocycles. The van der Waals surface area contributed by atoms with Gasteiger partial charge in [-0.25, -0.2) is 28.0 Å². The number of nitrogens with one attached hydrogen (secondary N) is 1. The van der Waals surface area contributed by atoms with E-state index >= 15 is 0 Å². The third-order valence-electron chi connectivity index (χ3n) is 10.1. The van der Waals surface area contributed by atoms with Gasteiger partial charge in [0.05, 0.1) is 18.8 Å². The highest BCUT2D eigenvalue weighted by Gasteiger charge is 2.49. The van der Waals surface area contributed by atoms with E-state index in [4.69, 9.17) is 14.2 Å². The predicted octanol–water partition coefficient (Wildman–Crippen LogP) is 8.92. The topological polar surface area (TPSA) is 121 Å². The van der Waals surface area contributed by atoms with Crippen molar-refractivity contribution in [1.82, 2.24) is 19.6 Å². The molecule has 0 bridgehead atoms. The summed E-state index contributed by atoms with van der Waals surface area (Å²) in [5.41, 5.74) is 0.206. The molecule has 0 saturated carbocycles. The number of ether oxygens (including phenoxy) is 3. The summed E-state index contributed by atoms with van der Waals surface area (Å²) >= 11 is 6.88. The minimum atomic E-state index is -0.703. The second-order valence-corrected chi connectivity index (χ2v) is 17.4. The molecule has 0 aliphatic carbocycles. The van der Waals surface area contributed by atoms with Gasteiger partial charge in [0.1, 0.15) is 28.4 Å². The number of halogens is 4. The van der Waals surface area contributed by atoms with Gasteiger partial charge in [-0.15, -0.1) is 0 Å².